The largest absolute Gasteiger partial charge is 0.323 e. The summed E-state index contributed by atoms with van der Waals surface area (Å²) < 4.78 is 26.1. The Kier molecular flexibility index (Phi) is 4.85. The first-order chi connectivity index (χ1) is 10.1. The predicted molar refractivity (Wildman–Crippen MR) is 74.7 cm³/mol. The smallest absolute Gasteiger partial charge is 0.234 e. The minimum absolute atomic E-state index is 0.0392. The van der Waals surface area contributed by atoms with Gasteiger partial charge in [0.2, 0.25) is 5.91 Å². The Morgan fingerprint density at radius 1 is 1.38 bits per heavy atom. The summed E-state index contributed by atoms with van der Waals surface area (Å²) in [6.07, 6.45) is 1.51. The molecule has 0 unspecified atom stereocenters. The lowest BCUT2D eigenvalue weighted by atomic mass is 10.3. The third-order valence-corrected chi connectivity index (χ3v) is 3.44. The molecule has 2 aromatic rings. The van der Waals surface area contributed by atoms with E-state index in [1.54, 1.807) is 12.1 Å². The van der Waals surface area contributed by atoms with Gasteiger partial charge in [-0.2, -0.15) is 5.26 Å². The van der Waals surface area contributed by atoms with Gasteiger partial charge in [-0.15, -0.1) is 0 Å². The number of amides is 1. The number of rotatable bonds is 4. The molecule has 0 aliphatic carbocycles. The maximum absolute atomic E-state index is 13.4. The van der Waals surface area contributed by atoms with Crippen LogP contribution in [0.3, 0.4) is 0 Å². The second-order valence-corrected chi connectivity index (χ2v) is 4.89. The van der Waals surface area contributed by atoms with Crippen molar-refractivity contribution in [2.24, 2.45) is 0 Å². The fourth-order valence-electron chi connectivity index (χ4n) is 1.50. The molecule has 2 rings (SSSR count). The number of benzene rings is 1. The van der Waals surface area contributed by atoms with Gasteiger partial charge < -0.3 is 5.32 Å². The lowest BCUT2D eigenvalue weighted by Crippen LogP contribution is -2.15. The average molecular weight is 305 g/mol. The van der Waals surface area contributed by atoms with Crippen molar-refractivity contribution in [1.82, 2.24) is 4.98 Å². The number of nitrogens with zero attached hydrogens (tertiary/aromatic N) is 2. The molecule has 0 fully saturated rings. The molecule has 0 spiro atoms. The van der Waals surface area contributed by atoms with Crippen molar-refractivity contribution in [3.8, 4) is 6.07 Å². The van der Waals surface area contributed by atoms with Crippen molar-refractivity contribution in [2.45, 2.75) is 5.03 Å². The highest BCUT2D eigenvalue weighted by molar-refractivity contribution is 8.00. The standard InChI is InChI=1S/C14H9F2N3OS/c15-10-3-4-12(11(16)6-10)19-13(20)8-21-14-9(7-17)2-1-5-18-14/h1-6H,8H2,(H,19,20). The summed E-state index contributed by atoms with van der Waals surface area (Å²) in [5.74, 6) is -2.07. The summed E-state index contributed by atoms with van der Waals surface area (Å²) >= 11 is 1.07. The van der Waals surface area contributed by atoms with E-state index >= 15 is 0 Å². The van der Waals surface area contributed by atoms with Crippen LogP contribution in [0, 0.1) is 23.0 Å². The minimum Gasteiger partial charge on any atom is -0.323 e. The first-order valence-corrected chi connectivity index (χ1v) is 6.81. The lowest BCUT2D eigenvalue weighted by molar-refractivity contribution is -0.113. The molecule has 0 saturated heterocycles. The van der Waals surface area contributed by atoms with Crippen LogP contribution >= 0.6 is 11.8 Å². The topological polar surface area (TPSA) is 65.8 Å². The van der Waals surface area contributed by atoms with Crippen molar-refractivity contribution in [3.05, 3.63) is 53.7 Å². The van der Waals surface area contributed by atoms with E-state index in [0.29, 0.717) is 16.7 Å². The van der Waals surface area contributed by atoms with Crippen molar-refractivity contribution in [3.63, 3.8) is 0 Å². The molecule has 1 heterocycles. The Hall–Kier alpha value is -2.46. The molecule has 0 bridgehead atoms. The molecule has 4 nitrogen and oxygen atoms in total. The van der Waals surface area contributed by atoms with Crippen LogP contribution in [0.15, 0.2) is 41.6 Å². The van der Waals surface area contributed by atoms with Gasteiger partial charge in [0.1, 0.15) is 22.7 Å². The van der Waals surface area contributed by atoms with E-state index in [1.807, 2.05) is 6.07 Å². The fourth-order valence-corrected chi connectivity index (χ4v) is 2.25. The average Bonchev–Trinajstić information content (AvgIpc) is 2.48. The highest BCUT2D eigenvalue weighted by Crippen LogP contribution is 2.20. The third-order valence-electron chi connectivity index (χ3n) is 2.44. The molecule has 0 aliphatic heterocycles. The van der Waals surface area contributed by atoms with Gasteiger partial charge in [-0.05, 0) is 24.3 Å². The molecule has 1 N–H and O–H groups in total. The van der Waals surface area contributed by atoms with Gasteiger partial charge >= 0.3 is 0 Å². The van der Waals surface area contributed by atoms with E-state index in [-0.39, 0.29) is 11.4 Å². The van der Waals surface area contributed by atoms with Crippen LogP contribution in [-0.4, -0.2) is 16.6 Å². The summed E-state index contributed by atoms with van der Waals surface area (Å²) in [6.45, 7) is 0. The summed E-state index contributed by atoms with van der Waals surface area (Å²) in [6, 6.07) is 8.07. The number of thioether (sulfide) groups is 1. The summed E-state index contributed by atoms with van der Waals surface area (Å²) in [4.78, 5) is 15.7. The van der Waals surface area contributed by atoms with Crippen molar-refractivity contribution >= 4 is 23.4 Å². The number of carbonyl (C=O) groups is 1. The van der Waals surface area contributed by atoms with Crippen molar-refractivity contribution in [1.29, 1.82) is 5.26 Å². The second-order valence-electron chi connectivity index (χ2n) is 3.93. The van der Waals surface area contributed by atoms with Gasteiger partial charge in [-0.3, -0.25) is 4.79 Å². The predicted octanol–water partition coefficient (Wildman–Crippen LogP) is 2.96. The van der Waals surface area contributed by atoms with Crippen LogP contribution in [-0.2, 0) is 4.79 Å². The first-order valence-electron chi connectivity index (χ1n) is 5.83. The number of pyridine rings is 1. The van der Waals surface area contributed by atoms with Gasteiger partial charge in [-0.1, -0.05) is 11.8 Å². The highest BCUT2D eigenvalue weighted by atomic mass is 32.2. The van der Waals surface area contributed by atoms with Crippen LogP contribution in [0.5, 0.6) is 0 Å². The number of hydrogen-bond donors (Lipinski definition) is 1. The number of halogens is 2. The fraction of sp³-hybridized carbons (Fsp3) is 0.0714. The molecular formula is C14H9F2N3OS. The third kappa shape index (κ3) is 4.00. The molecule has 1 aromatic heterocycles. The quantitative estimate of drug-likeness (QED) is 0.882. The van der Waals surface area contributed by atoms with E-state index in [9.17, 15) is 13.6 Å². The van der Waals surface area contributed by atoms with E-state index in [4.69, 9.17) is 5.26 Å². The number of aromatic nitrogens is 1. The molecule has 1 aromatic carbocycles. The van der Waals surface area contributed by atoms with Gasteiger partial charge in [-0.25, -0.2) is 13.8 Å². The Balaban J connectivity index is 1.98. The van der Waals surface area contributed by atoms with E-state index < -0.39 is 17.5 Å². The summed E-state index contributed by atoms with van der Waals surface area (Å²) in [7, 11) is 0. The zero-order chi connectivity index (χ0) is 15.2. The number of nitrogens with one attached hydrogen (secondary N) is 1. The molecule has 21 heavy (non-hydrogen) atoms. The molecule has 0 atom stereocenters. The molecule has 1 amide bonds. The molecule has 0 aliphatic rings. The maximum Gasteiger partial charge on any atom is 0.234 e. The molecule has 7 heteroatoms. The van der Waals surface area contributed by atoms with Gasteiger partial charge in [0.15, 0.2) is 0 Å². The number of anilines is 1. The van der Waals surface area contributed by atoms with Crippen LogP contribution < -0.4 is 5.32 Å². The Bertz CT molecular complexity index is 716. The summed E-state index contributed by atoms with van der Waals surface area (Å²) in [5, 5.41) is 11.7. The van der Waals surface area contributed by atoms with E-state index in [2.05, 4.69) is 10.3 Å². The highest BCUT2D eigenvalue weighted by Gasteiger charge is 2.10. The summed E-state index contributed by atoms with van der Waals surface area (Å²) in [5.41, 5.74) is 0.270. The van der Waals surface area contributed by atoms with Crippen LogP contribution in [0.1, 0.15) is 5.56 Å². The zero-order valence-corrected chi connectivity index (χ0v) is 11.5. The number of carbonyl (C=O) groups excluding carboxylic acids is 1. The Labute approximate surface area is 123 Å². The zero-order valence-electron chi connectivity index (χ0n) is 10.6. The molecular weight excluding hydrogens is 296 g/mol. The Morgan fingerprint density at radius 2 is 2.19 bits per heavy atom. The normalized spacial score (nSPS) is 9.95. The van der Waals surface area contributed by atoms with Crippen LogP contribution in [0.2, 0.25) is 0 Å². The molecule has 106 valence electrons. The van der Waals surface area contributed by atoms with Crippen LogP contribution in [0.4, 0.5) is 14.5 Å². The van der Waals surface area contributed by atoms with Crippen molar-refractivity contribution < 1.29 is 13.6 Å². The van der Waals surface area contributed by atoms with E-state index in [0.717, 1.165) is 23.9 Å². The monoisotopic (exact) mass is 305 g/mol. The second kappa shape index (κ2) is 6.81. The minimum atomic E-state index is -0.844. The number of nitriles is 1. The lowest BCUT2D eigenvalue weighted by Gasteiger charge is -2.06. The molecule has 0 saturated carbocycles. The van der Waals surface area contributed by atoms with Gasteiger partial charge in [0.25, 0.3) is 0 Å². The molecule has 0 radical (unpaired) electrons. The number of hydrogen-bond acceptors (Lipinski definition) is 4. The van der Waals surface area contributed by atoms with Crippen molar-refractivity contribution in [2.75, 3.05) is 11.1 Å². The SMILES string of the molecule is N#Cc1cccnc1SCC(=O)Nc1ccc(F)cc1F. The maximum atomic E-state index is 13.4. The van der Waals surface area contributed by atoms with Crippen LogP contribution in [0.25, 0.3) is 0 Å². The van der Waals surface area contributed by atoms with E-state index in [1.165, 1.54) is 6.20 Å². The van der Waals surface area contributed by atoms with Gasteiger partial charge in [0.05, 0.1) is 17.0 Å². The van der Waals surface area contributed by atoms with Gasteiger partial charge in [0, 0.05) is 12.3 Å². The Morgan fingerprint density at radius 3 is 2.90 bits per heavy atom. The first kappa shape index (κ1) is 14.9.